The highest BCUT2D eigenvalue weighted by Gasteiger charge is 2.67. The molecule has 2 aliphatic carbocycles. The highest BCUT2D eigenvalue weighted by atomic mass is 35.5. The number of nitrogens with one attached hydrogen (secondary N) is 3. The van der Waals surface area contributed by atoms with E-state index in [0.29, 0.717) is 25.0 Å². The van der Waals surface area contributed by atoms with Gasteiger partial charge in [0.05, 0.1) is 27.8 Å². The summed E-state index contributed by atoms with van der Waals surface area (Å²) in [4.78, 5) is 38.0. The van der Waals surface area contributed by atoms with E-state index in [0.717, 1.165) is 24.3 Å². The summed E-state index contributed by atoms with van der Waals surface area (Å²) in [5, 5.41) is 6.76. The van der Waals surface area contributed by atoms with Crippen molar-refractivity contribution in [2.24, 2.45) is 11.8 Å². The van der Waals surface area contributed by atoms with Crippen molar-refractivity contribution in [3.8, 4) is 0 Å². The topological polar surface area (TPSA) is 87.3 Å². The zero-order chi connectivity index (χ0) is 31.4. The van der Waals surface area contributed by atoms with Gasteiger partial charge in [-0.25, -0.2) is 13.2 Å². The highest BCUT2D eigenvalue weighted by molar-refractivity contribution is 6.53. The van der Waals surface area contributed by atoms with Gasteiger partial charge in [-0.3, -0.25) is 14.4 Å². The molecule has 6 nitrogen and oxygen atoms in total. The van der Waals surface area contributed by atoms with Crippen molar-refractivity contribution in [1.82, 2.24) is 0 Å². The number of carbonyl (C=O) groups is 3. The first-order valence-electron chi connectivity index (χ1n) is 12.5. The average Bonchev–Trinajstić information content (AvgIpc) is 3.85. The van der Waals surface area contributed by atoms with Crippen LogP contribution in [0.15, 0.2) is 48.5 Å². The number of benzene rings is 3. The molecule has 0 aromatic heterocycles. The van der Waals surface area contributed by atoms with E-state index >= 15 is 0 Å². The minimum Gasteiger partial charge on any atom is -0.326 e. The monoisotopic (exact) mass is 663 g/mol. The van der Waals surface area contributed by atoms with Gasteiger partial charge in [0.1, 0.15) is 21.7 Å². The van der Waals surface area contributed by atoms with Gasteiger partial charge in [0.15, 0.2) is 5.82 Å². The molecular formula is C28H18Cl3F6N3O3. The fraction of sp³-hybridized carbons (Fsp3) is 0.250. The summed E-state index contributed by atoms with van der Waals surface area (Å²) in [7, 11) is 0. The van der Waals surface area contributed by atoms with E-state index in [2.05, 4.69) is 16.0 Å². The Balaban J connectivity index is 1.32. The number of carbonyl (C=O) groups excluding carboxylic acids is 3. The lowest BCUT2D eigenvalue weighted by molar-refractivity contribution is -0.140. The van der Waals surface area contributed by atoms with E-state index in [1.807, 2.05) is 0 Å². The summed E-state index contributed by atoms with van der Waals surface area (Å²) in [6.07, 6.45) is -3.79. The second-order valence-corrected chi connectivity index (χ2v) is 11.9. The Hall–Kier alpha value is -3.48. The molecule has 5 rings (SSSR count). The second-order valence-electron chi connectivity index (χ2n) is 10.1. The van der Waals surface area contributed by atoms with E-state index in [-0.39, 0.29) is 27.8 Å². The van der Waals surface area contributed by atoms with Crippen molar-refractivity contribution >= 4 is 69.6 Å². The average molecular weight is 665 g/mol. The Morgan fingerprint density at radius 2 is 1.51 bits per heavy atom. The van der Waals surface area contributed by atoms with Crippen LogP contribution in [-0.2, 0) is 15.8 Å². The minimum atomic E-state index is -4.99. The molecule has 2 aliphatic rings. The molecule has 43 heavy (non-hydrogen) atoms. The predicted molar refractivity (Wildman–Crippen MR) is 148 cm³/mol. The van der Waals surface area contributed by atoms with Gasteiger partial charge in [-0.1, -0.05) is 17.7 Å². The van der Waals surface area contributed by atoms with Crippen molar-refractivity contribution in [2.45, 2.75) is 29.3 Å². The van der Waals surface area contributed by atoms with Crippen molar-refractivity contribution in [3.05, 3.63) is 87.7 Å². The normalized spacial score (nSPS) is 19.0. The maximum atomic E-state index is 15.0. The standard InChI is InChI=1S/C28H18Cl3F6N3O3/c29-16-5-4-13(38-26(43)21-20(27(21,30)31)12-3-6-17(32)15(9-12)28(35,36)37)10-14(16)25(42)39-19-8-7-18(33)23(22(19)34)40-24(41)11-1-2-11/h3-11,20-21H,1-2H2,(H,38,43)(H,39,42)(H,40,41)/t20-,21+/m0/s1. The number of hydrogen-bond acceptors (Lipinski definition) is 3. The van der Waals surface area contributed by atoms with Crippen LogP contribution in [0.3, 0.4) is 0 Å². The number of halogens is 9. The third kappa shape index (κ3) is 6.27. The smallest absolute Gasteiger partial charge is 0.326 e. The van der Waals surface area contributed by atoms with Crippen LogP contribution in [0.25, 0.3) is 0 Å². The first-order chi connectivity index (χ1) is 20.1. The molecule has 226 valence electrons. The van der Waals surface area contributed by atoms with Crippen LogP contribution in [0.1, 0.15) is 40.2 Å². The number of rotatable bonds is 7. The van der Waals surface area contributed by atoms with Crippen molar-refractivity contribution < 1.29 is 40.7 Å². The summed E-state index contributed by atoms with van der Waals surface area (Å²) in [5.74, 6) is -8.78. The maximum Gasteiger partial charge on any atom is 0.419 e. The molecule has 0 heterocycles. The largest absolute Gasteiger partial charge is 0.419 e. The Bertz CT molecular complexity index is 1660. The third-order valence-electron chi connectivity index (χ3n) is 7.01. The molecule has 15 heteroatoms. The lowest BCUT2D eigenvalue weighted by Crippen LogP contribution is -2.19. The van der Waals surface area contributed by atoms with Crippen LogP contribution in [0.5, 0.6) is 0 Å². The molecule has 2 atom stereocenters. The molecule has 0 aliphatic heterocycles. The fourth-order valence-corrected chi connectivity index (χ4v) is 5.57. The van der Waals surface area contributed by atoms with Gasteiger partial charge >= 0.3 is 6.18 Å². The van der Waals surface area contributed by atoms with E-state index in [4.69, 9.17) is 34.8 Å². The zero-order valence-electron chi connectivity index (χ0n) is 21.4. The second kappa shape index (κ2) is 11.2. The quantitative estimate of drug-likeness (QED) is 0.177. The summed E-state index contributed by atoms with van der Waals surface area (Å²) in [6, 6.07) is 7.67. The molecule has 2 fully saturated rings. The molecule has 3 aromatic rings. The van der Waals surface area contributed by atoms with E-state index in [1.54, 1.807) is 0 Å². The highest BCUT2D eigenvalue weighted by Crippen LogP contribution is 2.65. The van der Waals surface area contributed by atoms with Crippen LogP contribution < -0.4 is 16.0 Å². The number of alkyl halides is 5. The van der Waals surface area contributed by atoms with Gasteiger partial charge in [-0.05, 0) is 60.9 Å². The van der Waals surface area contributed by atoms with Crippen molar-refractivity contribution in [1.29, 1.82) is 0 Å². The molecule has 0 spiro atoms. The molecule has 0 unspecified atom stereocenters. The van der Waals surface area contributed by atoms with E-state index < -0.39 is 74.5 Å². The summed E-state index contributed by atoms with van der Waals surface area (Å²) in [6.45, 7) is 0. The molecule has 2 saturated carbocycles. The van der Waals surface area contributed by atoms with Gasteiger partial charge < -0.3 is 16.0 Å². The molecule has 0 saturated heterocycles. The first-order valence-corrected chi connectivity index (χ1v) is 13.7. The number of hydrogen-bond donors (Lipinski definition) is 3. The van der Waals surface area contributed by atoms with Crippen LogP contribution in [0.2, 0.25) is 5.02 Å². The van der Waals surface area contributed by atoms with Crippen molar-refractivity contribution in [2.75, 3.05) is 16.0 Å². The van der Waals surface area contributed by atoms with Gasteiger partial charge in [0.2, 0.25) is 11.8 Å². The minimum absolute atomic E-state index is 0.00128. The molecule has 0 radical (unpaired) electrons. The Morgan fingerprint density at radius 3 is 2.16 bits per heavy atom. The summed E-state index contributed by atoms with van der Waals surface area (Å²) in [5.41, 5.74) is -3.07. The summed E-state index contributed by atoms with van der Waals surface area (Å²) >= 11 is 18.6. The fourth-order valence-electron chi connectivity index (χ4n) is 4.54. The van der Waals surface area contributed by atoms with E-state index in [9.17, 15) is 40.7 Å². The Labute approximate surface area is 254 Å². The molecular weight excluding hydrogens is 647 g/mol. The maximum absolute atomic E-state index is 15.0. The molecule has 3 aromatic carbocycles. The summed E-state index contributed by atoms with van der Waals surface area (Å²) < 4.78 is 80.7. The number of amides is 3. The lowest BCUT2D eigenvalue weighted by atomic mass is 10.0. The van der Waals surface area contributed by atoms with Crippen molar-refractivity contribution in [3.63, 3.8) is 0 Å². The first kappa shape index (κ1) is 31.0. The third-order valence-corrected chi connectivity index (χ3v) is 8.28. The molecule has 3 amide bonds. The SMILES string of the molecule is O=C(Nc1ccc(F)c(NC(=O)C2CC2)c1F)c1cc(NC(=O)[C@H]2[C@H](c3ccc(F)c(C(F)(F)F)c3)C2(Cl)Cl)ccc1Cl. The van der Waals surface area contributed by atoms with Gasteiger partial charge in [0, 0.05) is 17.5 Å². The zero-order valence-corrected chi connectivity index (χ0v) is 23.7. The van der Waals surface area contributed by atoms with E-state index in [1.165, 1.54) is 12.1 Å². The van der Waals surface area contributed by atoms with Gasteiger partial charge in [0.25, 0.3) is 5.91 Å². The van der Waals surface area contributed by atoms with Crippen LogP contribution in [0, 0.1) is 29.3 Å². The van der Waals surface area contributed by atoms with Crippen LogP contribution in [0.4, 0.5) is 43.4 Å². The van der Waals surface area contributed by atoms with Gasteiger partial charge in [-0.15, -0.1) is 23.2 Å². The Kier molecular flexibility index (Phi) is 8.08. The van der Waals surface area contributed by atoms with Crippen LogP contribution >= 0.6 is 34.8 Å². The Morgan fingerprint density at radius 1 is 0.837 bits per heavy atom. The van der Waals surface area contributed by atoms with Crippen LogP contribution in [-0.4, -0.2) is 22.1 Å². The van der Waals surface area contributed by atoms with Gasteiger partial charge in [-0.2, -0.15) is 13.2 Å². The predicted octanol–water partition coefficient (Wildman–Crippen LogP) is 7.90. The number of anilines is 3. The molecule has 0 bridgehead atoms. The lowest BCUT2D eigenvalue weighted by Gasteiger charge is -2.13. The molecule has 3 N–H and O–H groups in total.